The first-order valence-corrected chi connectivity index (χ1v) is 7.01. The normalized spacial score (nSPS) is 12.4. The number of aliphatic hydroxyl groups is 1. The molecule has 2 aromatic carbocycles. The van der Waals surface area contributed by atoms with Crippen molar-refractivity contribution in [3.8, 4) is 0 Å². The van der Waals surface area contributed by atoms with Crippen molar-refractivity contribution in [2.45, 2.75) is 19.3 Å². The Morgan fingerprint density at radius 2 is 2.00 bits per heavy atom. The van der Waals surface area contributed by atoms with E-state index in [0.717, 1.165) is 11.1 Å². The van der Waals surface area contributed by atoms with Crippen LogP contribution in [0.25, 0.3) is 0 Å². The second-order valence-electron chi connectivity index (χ2n) is 4.75. The highest BCUT2D eigenvalue weighted by molar-refractivity contribution is 9.10. The van der Waals surface area contributed by atoms with Crippen LogP contribution in [0.4, 0.5) is 4.39 Å². The van der Waals surface area contributed by atoms with E-state index in [1.54, 1.807) is 12.1 Å². The summed E-state index contributed by atoms with van der Waals surface area (Å²) in [4.78, 5) is 0. The van der Waals surface area contributed by atoms with E-state index >= 15 is 0 Å². The zero-order valence-corrected chi connectivity index (χ0v) is 12.3. The maximum absolute atomic E-state index is 13.2. The van der Waals surface area contributed by atoms with Crippen molar-refractivity contribution in [2.75, 3.05) is 6.61 Å². The fraction of sp³-hybridized carbons (Fsp3) is 0.250. The molecule has 0 amide bonds. The van der Waals surface area contributed by atoms with Gasteiger partial charge in [-0.15, -0.1) is 0 Å². The second-order valence-corrected chi connectivity index (χ2v) is 5.60. The molecule has 0 spiro atoms. The van der Waals surface area contributed by atoms with Crippen molar-refractivity contribution in [2.24, 2.45) is 0 Å². The SMILES string of the molecule is Cc1cccc(C(CO)Cc2ccc(F)c(Br)c2)c1. The lowest BCUT2D eigenvalue weighted by atomic mass is 9.92. The van der Waals surface area contributed by atoms with Crippen molar-refractivity contribution >= 4 is 15.9 Å². The molecule has 19 heavy (non-hydrogen) atoms. The van der Waals surface area contributed by atoms with Crippen LogP contribution in [-0.2, 0) is 6.42 Å². The van der Waals surface area contributed by atoms with Gasteiger partial charge in [-0.3, -0.25) is 0 Å². The van der Waals surface area contributed by atoms with Gasteiger partial charge in [0.25, 0.3) is 0 Å². The minimum absolute atomic E-state index is 0.0391. The van der Waals surface area contributed by atoms with Gasteiger partial charge in [0.1, 0.15) is 5.82 Å². The standard InChI is InChI=1S/C16H16BrFO/c1-11-3-2-4-13(7-11)14(10-19)8-12-5-6-16(18)15(17)9-12/h2-7,9,14,19H,8,10H2,1H3. The van der Waals surface area contributed by atoms with Crippen LogP contribution in [0.2, 0.25) is 0 Å². The summed E-state index contributed by atoms with van der Waals surface area (Å²) >= 11 is 3.19. The van der Waals surface area contributed by atoms with Gasteiger partial charge in [-0.2, -0.15) is 0 Å². The minimum Gasteiger partial charge on any atom is -0.396 e. The Morgan fingerprint density at radius 1 is 1.21 bits per heavy atom. The summed E-state index contributed by atoms with van der Waals surface area (Å²) in [5, 5.41) is 9.57. The summed E-state index contributed by atoms with van der Waals surface area (Å²) in [6, 6.07) is 13.1. The molecule has 0 radical (unpaired) electrons. The first-order chi connectivity index (χ1) is 9.10. The third kappa shape index (κ3) is 3.64. The predicted octanol–water partition coefficient (Wildman–Crippen LogP) is 4.22. The molecule has 0 heterocycles. The summed E-state index contributed by atoms with van der Waals surface area (Å²) in [6.45, 7) is 2.12. The van der Waals surface area contributed by atoms with E-state index in [1.807, 2.05) is 25.1 Å². The first-order valence-electron chi connectivity index (χ1n) is 6.21. The Balaban J connectivity index is 2.21. The summed E-state index contributed by atoms with van der Waals surface area (Å²) in [6.07, 6.45) is 0.693. The van der Waals surface area contributed by atoms with Crippen LogP contribution >= 0.6 is 15.9 Å². The average molecular weight is 323 g/mol. The molecular formula is C16H16BrFO. The predicted molar refractivity (Wildman–Crippen MR) is 78.8 cm³/mol. The molecule has 2 aromatic rings. The number of benzene rings is 2. The molecule has 0 saturated heterocycles. The topological polar surface area (TPSA) is 20.2 Å². The number of halogens is 2. The van der Waals surface area contributed by atoms with Crippen molar-refractivity contribution in [3.05, 3.63) is 69.4 Å². The summed E-state index contributed by atoms with van der Waals surface area (Å²) < 4.78 is 13.7. The van der Waals surface area contributed by atoms with Gasteiger partial charge in [-0.1, -0.05) is 35.9 Å². The second kappa shape index (κ2) is 6.31. The van der Waals surface area contributed by atoms with E-state index in [0.29, 0.717) is 10.9 Å². The van der Waals surface area contributed by atoms with Crippen LogP contribution in [-0.4, -0.2) is 11.7 Å². The average Bonchev–Trinajstić information content (AvgIpc) is 2.40. The monoisotopic (exact) mass is 322 g/mol. The number of hydrogen-bond acceptors (Lipinski definition) is 1. The molecule has 0 aliphatic carbocycles. The van der Waals surface area contributed by atoms with Gasteiger partial charge in [-0.25, -0.2) is 4.39 Å². The van der Waals surface area contributed by atoms with E-state index in [1.165, 1.54) is 11.6 Å². The maximum Gasteiger partial charge on any atom is 0.137 e. The highest BCUT2D eigenvalue weighted by Crippen LogP contribution is 2.24. The Bertz CT molecular complexity index is 568. The molecule has 0 aromatic heterocycles. The summed E-state index contributed by atoms with van der Waals surface area (Å²) in [5.41, 5.74) is 3.30. The third-order valence-corrected chi connectivity index (χ3v) is 3.81. The zero-order chi connectivity index (χ0) is 13.8. The minimum atomic E-state index is -0.264. The van der Waals surface area contributed by atoms with Gasteiger partial charge in [0.15, 0.2) is 0 Å². The molecular weight excluding hydrogens is 307 g/mol. The van der Waals surface area contributed by atoms with Crippen LogP contribution in [0.15, 0.2) is 46.9 Å². The Morgan fingerprint density at radius 3 is 2.63 bits per heavy atom. The number of rotatable bonds is 4. The lowest BCUT2D eigenvalue weighted by Gasteiger charge is -2.15. The highest BCUT2D eigenvalue weighted by atomic mass is 79.9. The smallest absolute Gasteiger partial charge is 0.137 e. The van der Waals surface area contributed by atoms with E-state index in [4.69, 9.17) is 0 Å². The molecule has 100 valence electrons. The van der Waals surface area contributed by atoms with E-state index in [2.05, 4.69) is 22.0 Å². The van der Waals surface area contributed by atoms with Gasteiger partial charge < -0.3 is 5.11 Å². The van der Waals surface area contributed by atoms with Gasteiger partial charge in [-0.05, 0) is 52.5 Å². The first kappa shape index (κ1) is 14.2. The van der Waals surface area contributed by atoms with Crippen LogP contribution < -0.4 is 0 Å². The zero-order valence-electron chi connectivity index (χ0n) is 10.7. The number of aliphatic hydroxyl groups excluding tert-OH is 1. The number of hydrogen-bond donors (Lipinski definition) is 1. The van der Waals surface area contributed by atoms with Crippen LogP contribution in [0.1, 0.15) is 22.6 Å². The Labute approximate surface area is 121 Å². The highest BCUT2D eigenvalue weighted by Gasteiger charge is 2.12. The quantitative estimate of drug-likeness (QED) is 0.893. The molecule has 0 saturated carbocycles. The largest absolute Gasteiger partial charge is 0.396 e. The molecule has 2 rings (SSSR count). The molecule has 1 nitrogen and oxygen atoms in total. The van der Waals surface area contributed by atoms with E-state index in [9.17, 15) is 9.50 Å². The lowest BCUT2D eigenvalue weighted by molar-refractivity contribution is 0.264. The third-order valence-electron chi connectivity index (χ3n) is 3.20. The van der Waals surface area contributed by atoms with Gasteiger partial charge in [0.05, 0.1) is 11.1 Å². The fourth-order valence-electron chi connectivity index (χ4n) is 2.16. The van der Waals surface area contributed by atoms with Crippen molar-refractivity contribution in [1.82, 2.24) is 0 Å². The molecule has 0 bridgehead atoms. The molecule has 3 heteroatoms. The van der Waals surface area contributed by atoms with Crippen molar-refractivity contribution in [1.29, 1.82) is 0 Å². The molecule has 1 N–H and O–H groups in total. The molecule has 0 aliphatic heterocycles. The summed E-state index contributed by atoms with van der Waals surface area (Å²) in [5.74, 6) is -0.225. The van der Waals surface area contributed by atoms with Crippen LogP contribution in [0, 0.1) is 12.7 Å². The van der Waals surface area contributed by atoms with Crippen molar-refractivity contribution < 1.29 is 9.50 Å². The molecule has 0 aliphatic rings. The molecule has 1 unspecified atom stereocenters. The van der Waals surface area contributed by atoms with E-state index in [-0.39, 0.29) is 18.3 Å². The Kier molecular flexibility index (Phi) is 4.72. The van der Waals surface area contributed by atoms with Gasteiger partial charge >= 0.3 is 0 Å². The fourth-order valence-corrected chi connectivity index (χ4v) is 2.59. The lowest BCUT2D eigenvalue weighted by Crippen LogP contribution is -2.08. The van der Waals surface area contributed by atoms with Crippen LogP contribution in [0.5, 0.6) is 0 Å². The molecule has 0 fully saturated rings. The Hall–Kier alpha value is -1.19. The van der Waals surface area contributed by atoms with E-state index < -0.39 is 0 Å². The van der Waals surface area contributed by atoms with Crippen molar-refractivity contribution in [3.63, 3.8) is 0 Å². The maximum atomic E-state index is 13.2. The van der Waals surface area contributed by atoms with Crippen LogP contribution in [0.3, 0.4) is 0 Å². The molecule has 1 atom stereocenters. The van der Waals surface area contributed by atoms with Gasteiger partial charge in [0.2, 0.25) is 0 Å². The number of aryl methyl sites for hydroxylation is 1. The van der Waals surface area contributed by atoms with Gasteiger partial charge in [0, 0.05) is 5.92 Å². The summed E-state index contributed by atoms with van der Waals surface area (Å²) in [7, 11) is 0.